The van der Waals surface area contributed by atoms with Gasteiger partial charge in [-0.25, -0.2) is 0 Å². The molecule has 0 spiro atoms. The van der Waals surface area contributed by atoms with Crippen molar-refractivity contribution in [2.45, 2.75) is 39.0 Å². The first kappa shape index (κ1) is 24.8. The van der Waals surface area contributed by atoms with Gasteiger partial charge in [0.2, 0.25) is 5.13 Å². The number of aliphatic hydroxyl groups excluding tert-OH is 1. The highest BCUT2D eigenvalue weighted by atomic mass is 32.1. The number of amides is 1. The van der Waals surface area contributed by atoms with E-state index < -0.39 is 17.7 Å². The lowest BCUT2D eigenvalue weighted by atomic mass is 9.94. The number of hydrogen-bond donors (Lipinski definition) is 1. The van der Waals surface area contributed by atoms with Crippen molar-refractivity contribution < 1.29 is 24.2 Å². The van der Waals surface area contributed by atoms with Crippen molar-refractivity contribution in [3.05, 3.63) is 106 Å². The quantitative estimate of drug-likeness (QED) is 0.200. The minimum absolute atomic E-state index is 0.00211. The van der Waals surface area contributed by atoms with E-state index >= 15 is 0 Å². The molecule has 1 aromatic heterocycles. The maximum atomic E-state index is 13.4. The van der Waals surface area contributed by atoms with Crippen molar-refractivity contribution in [3.8, 4) is 11.5 Å². The first-order chi connectivity index (χ1) is 18.9. The van der Waals surface area contributed by atoms with Gasteiger partial charge in [-0.1, -0.05) is 53.8 Å². The Balaban J connectivity index is 1.39. The van der Waals surface area contributed by atoms with E-state index in [0.29, 0.717) is 40.0 Å². The van der Waals surface area contributed by atoms with E-state index in [9.17, 15) is 14.7 Å². The smallest absolute Gasteiger partial charge is 0.301 e. The van der Waals surface area contributed by atoms with Crippen LogP contribution in [0.3, 0.4) is 0 Å². The molecule has 9 heteroatoms. The van der Waals surface area contributed by atoms with Crippen LogP contribution in [0.1, 0.15) is 40.2 Å². The van der Waals surface area contributed by atoms with E-state index in [1.165, 1.54) is 16.2 Å². The SMILES string of the molecule is Cc1nnc(N2C(=O)C(=O)/C(=C(\O)c3ccc4c(c3)CC(C)O4)C2c2ccc(OCc3ccccc3)cc2)s1. The summed E-state index contributed by atoms with van der Waals surface area (Å²) in [6, 6.07) is 21.4. The van der Waals surface area contributed by atoms with Crippen LogP contribution in [0.15, 0.2) is 78.4 Å². The molecule has 0 radical (unpaired) electrons. The highest BCUT2D eigenvalue weighted by Crippen LogP contribution is 2.44. The number of fused-ring (bicyclic) bond motifs is 1. The largest absolute Gasteiger partial charge is 0.507 e. The lowest BCUT2D eigenvalue weighted by Gasteiger charge is -2.22. The predicted molar refractivity (Wildman–Crippen MR) is 147 cm³/mol. The molecule has 3 heterocycles. The molecular weight excluding hydrogens is 514 g/mol. The lowest BCUT2D eigenvalue weighted by Crippen LogP contribution is -2.29. The molecule has 3 aromatic carbocycles. The summed E-state index contributed by atoms with van der Waals surface area (Å²) >= 11 is 1.21. The summed E-state index contributed by atoms with van der Waals surface area (Å²) in [6.07, 6.45) is 0.731. The molecule has 2 unspecified atom stereocenters. The molecule has 8 nitrogen and oxygen atoms in total. The number of ether oxygens (including phenoxy) is 2. The van der Waals surface area contributed by atoms with Gasteiger partial charge in [0, 0.05) is 12.0 Å². The molecule has 0 saturated carbocycles. The number of aromatic nitrogens is 2. The Morgan fingerprint density at radius 2 is 1.85 bits per heavy atom. The molecule has 1 N–H and O–H groups in total. The number of Topliss-reactive ketones (excluding diaryl/α,β-unsaturated/α-hetero) is 1. The van der Waals surface area contributed by atoms with Crippen molar-refractivity contribution >= 4 is 33.9 Å². The van der Waals surface area contributed by atoms with E-state index in [1.807, 2.05) is 43.3 Å². The van der Waals surface area contributed by atoms with E-state index in [0.717, 1.165) is 16.9 Å². The van der Waals surface area contributed by atoms with Gasteiger partial charge in [-0.15, -0.1) is 10.2 Å². The first-order valence-electron chi connectivity index (χ1n) is 12.6. The number of nitrogens with zero attached hydrogens (tertiary/aromatic N) is 3. The van der Waals surface area contributed by atoms with Crippen LogP contribution in [-0.4, -0.2) is 33.1 Å². The number of carbonyl (C=O) groups is 2. The first-order valence-corrected chi connectivity index (χ1v) is 13.4. The third-order valence-electron chi connectivity index (χ3n) is 6.78. The standard InChI is InChI=1S/C30H25N3O5S/c1-17-14-22-15-21(10-13-24(22)38-17)27(34)25-26(33(29(36)28(25)35)30-32-31-18(2)39-30)20-8-11-23(12-9-20)37-16-19-6-4-3-5-7-19/h3-13,15,17,26,34H,14,16H2,1-2H3/b27-25-. The molecular formula is C30H25N3O5S. The monoisotopic (exact) mass is 539 g/mol. The van der Waals surface area contributed by atoms with Gasteiger partial charge in [0.25, 0.3) is 5.78 Å². The van der Waals surface area contributed by atoms with Gasteiger partial charge in [-0.3, -0.25) is 14.5 Å². The van der Waals surface area contributed by atoms with E-state index in [-0.39, 0.29) is 17.4 Å². The summed E-state index contributed by atoms with van der Waals surface area (Å²) in [4.78, 5) is 28.0. The Bertz CT molecular complexity index is 1600. The van der Waals surface area contributed by atoms with Crippen LogP contribution in [0.2, 0.25) is 0 Å². The fourth-order valence-corrected chi connectivity index (χ4v) is 5.65. The molecule has 6 rings (SSSR count). The molecule has 1 fully saturated rings. The zero-order chi connectivity index (χ0) is 27.1. The van der Waals surface area contributed by atoms with Crippen LogP contribution < -0.4 is 14.4 Å². The highest BCUT2D eigenvalue weighted by molar-refractivity contribution is 7.15. The van der Waals surface area contributed by atoms with Crippen LogP contribution in [0.4, 0.5) is 5.13 Å². The molecule has 0 bridgehead atoms. The Hall–Kier alpha value is -4.50. The molecule has 1 saturated heterocycles. The summed E-state index contributed by atoms with van der Waals surface area (Å²) in [6.45, 7) is 4.16. The zero-order valence-electron chi connectivity index (χ0n) is 21.3. The van der Waals surface area contributed by atoms with Crippen molar-refractivity contribution in [1.82, 2.24) is 10.2 Å². The Morgan fingerprint density at radius 1 is 1.08 bits per heavy atom. The van der Waals surface area contributed by atoms with Gasteiger partial charge >= 0.3 is 5.91 Å². The highest BCUT2D eigenvalue weighted by Gasteiger charge is 2.48. The van der Waals surface area contributed by atoms with Crippen LogP contribution in [0.25, 0.3) is 5.76 Å². The minimum atomic E-state index is -0.885. The average molecular weight is 540 g/mol. The zero-order valence-corrected chi connectivity index (χ0v) is 22.1. The van der Waals surface area contributed by atoms with Crippen molar-refractivity contribution in [1.29, 1.82) is 0 Å². The number of aryl methyl sites for hydroxylation is 1. The van der Waals surface area contributed by atoms with Gasteiger partial charge in [0.05, 0.1) is 11.6 Å². The van der Waals surface area contributed by atoms with Crippen LogP contribution in [-0.2, 0) is 22.6 Å². The Labute approximate surface area is 229 Å². The molecule has 1 amide bonds. The third-order valence-corrected chi connectivity index (χ3v) is 7.62. The minimum Gasteiger partial charge on any atom is -0.507 e. The fourth-order valence-electron chi connectivity index (χ4n) is 4.94. The van der Waals surface area contributed by atoms with Crippen LogP contribution in [0, 0.1) is 6.92 Å². The van der Waals surface area contributed by atoms with E-state index in [2.05, 4.69) is 10.2 Å². The number of aliphatic hydroxyl groups is 1. The number of carbonyl (C=O) groups excluding carboxylic acids is 2. The second-order valence-electron chi connectivity index (χ2n) is 9.57. The van der Waals surface area contributed by atoms with Crippen molar-refractivity contribution in [2.75, 3.05) is 4.90 Å². The maximum Gasteiger partial charge on any atom is 0.301 e. The van der Waals surface area contributed by atoms with Crippen LogP contribution >= 0.6 is 11.3 Å². The van der Waals surface area contributed by atoms with Gasteiger partial charge in [-0.2, -0.15) is 0 Å². The number of anilines is 1. The second kappa shape index (κ2) is 9.99. The fraction of sp³-hybridized carbons (Fsp3) is 0.200. The van der Waals surface area contributed by atoms with Crippen LogP contribution in [0.5, 0.6) is 11.5 Å². The number of benzene rings is 3. The number of ketones is 1. The Kier molecular flexibility index (Phi) is 6.36. The lowest BCUT2D eigenvalue weighted by molar-refractivity contribution is -0.132. The summed E-state index contributed by atoms with van der Waals surface area (Å²) in [5, 5.41) is 20.6. The molecule has 2 aliphatic rings. The summed E-state index contributed by atoms with van der Waals surface area (Å²) < 4.78 is 11.7. The molecule has 39 heavy (non-hydrogen) atoms. The molecule has 4 aromatic rings. The van der Waals surface area contributed by atoms with E-state index in [1.54, 1.807) is 43.3 Å². The molecule has 196 valence electrons. The summed E-state index contributed by atoms with van der Waals surface area (Å²) in [5.41, 5.74) is 3.06. The average Bonchev–Trinajstić information content (AvgIpc) is 3.62. The molecule has 0 aliphatic carbocycles. The van der Waals surface area contributed by atoms with Gasteiger partial charge < -0.3 is 14.6 Å². The van der Waals surface area contributed by atoms with Gasteiger partial charge in [0.15, 0.2) is 0 Å². The summed E-state index contributed by atoms with van der Waals surface area (Å²) in [7, 11) is 0. The van der Waals surface area contributed by atoms with Crippen molar-refractivity contribution in [2.24, 2.45) is 0 Å². The van der Waals surface area contributed by atoms with Gasteiger partial charge in [0.1, 0.15) is 35.0 Å². The number of hydrogen-bond acceptors (Lipinski definition) is 8. The Morgan fingerprint density at radius 3 is 2.56 bits per heavy atom. The second-order valence-corrected chi connectivity index (χ2v) is 10.7. The maximum absolute atomic E-state index is 13.4. The molecule has 2 atom stereocenters. The predicted octanol–water partition coefficient (Wildman–Crippen LogP) is 5.38. The van der Waals surface area contributed by atoms with Crippen molar-refractivity contribution in [3.63, 3.8) is 0 Å². The third kappa shape index (κ3) is 4.66. The number of rotatable bonds is 6. The van der Waals surface area contributed by atoms with E-state index in [4.69, 9.17) is 9.47 Å². The normalized spacial score (nSPS) is 19.7. The topological polar surface area (TPSA) is 102 Å². The molecule has 2 aliphatic heterocycles. The summed E-state index contributed by atoms with van der Waals surface area (Å²) in [5.74, 6) is -0.389. The van der Waals surface area contributed by atoms with Gasteiger partial charge in [-0.05, 0) is 60.9 Å².